The lowest BCUT2D eigenvalue weighted by molar-refractivity contribution is -0.126. The van der Waals surface area contributed by atoms with Gasteiger partial charge in [0.25, 0.3) is 5.91 Å². The molecule has 1 aliphatic rings. The van der Waals surface area contributed by atoms with Crippen molar-refractivity contribution in [1.82, 2.24) is 20.6 Å². The molecule has 164 valence electrons. The van der Waals surface area contributed by atoms with E-state index in [4.69, 9.17) is 4.74 Å². The van der Waals surface area contributed by atoms with Gasteiger partial charge < -0.3 is 14.7 Å². The predicted octanol–water partition coefficient (Wildman–Crippen LogP) is 1.40. The van der Waals surface area contributed by atoms with E-state index in [1.54, 1.807) is 55.6 Å². The van der Waals surface area contributed by atoms with Crippen LogP contribution in [0.4, 0.5) is 5.69 Å². The summed E-state index contributed by atoms with van der Waals surface area (Å²) in [4.78, 5) is 38.8. The standard InChI is InChI=1S/C22H21N5O5/c1-32-17-9-7-15(8-10-17)26-12-14(11-19(26)29)21(30)23-24-22(31)20-18(28)13-27(25-20)16-5-3-2-4-6-16/h2-10,13-14,28H,11-12H2,1H3,(H,23,30)(H,24,31). The Bertz CT molecular complexity index is 1140. The van der Waals surface area contributed by atoms with Crippen molar-refractivity contribution in [3.8, 4) is 17.2 Å². The Balaban J connectivity index is 1.36. The molecule has 3 amide bonds. The fraction of sp³-hybridized carbons (Fsp3) is 0.182. The van der Waals surface area contributed by atoms with Gasteiger partial charge in [-0.1, -0.05) is 18.2 Å². The summed E-state index contributed by atoms with van der Waals surface area (Å²) < 4.78 is 6.47. The van der Waals surface area contributed by atoms with Crippen molar-refractivity contribution in [3.05, 3.63) is 66.5 Å². The molecule has 1 saturated heterocycles. The number of para-hydroxylation sites is 1. The van der Waals surface area contributed by atoms with Crippen molar-refractivity contribution in [2.75, 3.05) is 18.6 Å². The average Bonchev–Trinajstić information content (AvgIpc) is 3.41. The summed E-state index contributed by atoms with van der Waals surface area (Å²) in [6.45, 7) is 0.181. The zero-order valence-electron chi connectivity index (χ0n) is 17.2. The Morgan fingerprint density at radius 3 is 2.47 bits per heavy atom. The number of hydrogen-bond donors (Lipinski definition) is 3. The monoisotopic (exact) mass is 435 g/mol. The summed E-state index contributed by atoms with van der Waals surface area (Å²) >= 11 is 0. The van der Waals surface area contributed by atoms with Crippen LogP contribution in [-0.2, 0) is 9.59 Å². The Kier molecular flexibility index (Phi) is 5.75. The Hall–Kier alpha value is -4.34. The van der Waals surface area contributed by atoms with Crippen molar-refractivity contribution in [3.63, 3.8) is 0 Å². The number of aromatic hydroxyl groups is 1. The van der Waals surface area contributed by atoms with Crippen LogP contribution in [0.5, 0.6) is 11.5 Å². The van der Waals surface area contributed by atoms with Crippen molar-refractivity contribution >= 4 is 23.4 Å². The maximum Gasteiger partial charge on any atom is 0.294 e. The van der Waals surface area contributed by atoms with Gasteiger partial charge in [0.1, 0.15) is 5.75 Å². The number of rotatable bonds is 5. The molecular weight excluding hydrogens is 414 g/mol. The number of anilines is 1. The molecule has 1 atom stereocenters. The third-order valence-corrected chi connectivity index (χ3v) is 5.11. The number of aromatic nitrogens is 2. The number of nitrogens with zero attached hydrogens (tertiary/aromatic N) is 3. The topological polar surface area (TPSA) is 126 Å². The van der Waals surface area contributed by atoms with Gasteiger partial charge >= 0.3 is 0 Å². The first-order valence-electron chi connectivity index (χ1n) is 9.85. The van der Waals surface area contributed by atoms with Crippen LogP contribution in [0, 0.1) is 5.92 Å². The molecule has 2 aromatic carbocycles. The third-order valence-electron chi connectivity index (χ3n) is 5.11. The molecule has 1 aliphatic heterocycles. The Labute approximate surface area is 183 Å². The first-order valence-corrected chi connectivity index (χ1v) is 9.85. The first kappa shape index (κ1) is 20.9. The summed E-state index contributed by atoms with van der Waals surface area (Å²) in [5, 5.41) is 14.1. The van der Waals surface area contributed by atoms with Crippen LogP contribution in [0.25, 0.3) is 5.69 Å². The molecule has 3 N–H and O–H groups in total. The minimum Gasteiger partial charge on any atom is -0.504 e. The van der Waals surface area contributed by atoms with Gasteiger partial charge in [0.2, 0.25) is 11.8 Å². The highest BCUT2D eigenvalue weighted by Gasteiger charge is 2.35. The van der Waals surface area contributed by atoms with Gasteiger partial charge in [-0.3, -0.25) is 25.2 Å². The molecule has 10 nitrogen and oxygen atoms in total. The van der Waals surface area contributed by atoms with Gasteiger partial charge in [0.05, 0.1) is 24.9 Å². The first-order chi connectivity index (χ1) is 15.5. The molecule has 32 heavy (non-hydrogen) atoms. The van der Waals surface area contributed by atoms with E-state index >= 15 is 0 Å². The van der Waals surface area contributed by atoms with E-state index in [1.165, 1.54) is 15.8 Å². The number of hydrogen-bond acceptors (Lipinski definition) is 6. The highest BCUT2D eigenvalue weighted by Crippen LogP contribution is 2.27. The quantitative estimate of drug-likeness (QED) is 0.520. The molecule has 0 spiro atoms. The van der Waals surface area contributed by atoms with E-state index in [1.807, 2.05) is 6.07 Å². The summed E-state index contributed by atoms with van der Waals surface area (Å²) in [5.74, 6) is -1.79. The lowest BCUT2D eigenvalue weighted by Crippen LogP contribution is -2.45. The maximum absolute atomic E-state index is 12.5. The van der Waals surface area contributed by atoms with Crippen LogP contribution in [0.1, 0.15) is 16.9 Å². The molecule has 3 aromatic rings. The number of carbonyl (C=O) groups is 3. The molecule has 1 fully saturated rings. The number of hydrazine groups is 1. The van der Waals surface area contributed by atoms with E-state index in [9.17, 15) is 19.5 Å². The van der Waals surface area contributed by atoms with Crippen LogP contribution in [0.3, 0.4) is 0 Å². The molecule has 1 aromatic heterocycles. The van der Waals surface area contributed by atoms with Crippen molar-refractivity contribution in [2.24, 2.45) is 5.92 Å². The maximum atomic E-state index is 12.5. The van der Waals surface area contributed by atoms with Crippen molar-refractivity contribution < 1.29 is 24.2 Å². The molecule has 4 rings (SSSR count). The zero-order chi connectivity index (χ0) is 22.7. The highest BCUT2D eigenvalue weighted by atomic mass is 16.5. The number of methoxy groups -OCH3 is 1. The predicted molar refractivity (Wildman–Crippen MR) is 114 cm³/mol. The van der Waals surface area contributed by atoms with Crippen LogP contribution in [-0.4, -0.2) is 46.3 Å². The number of nitrogens with one attached hydrogen (secondary N) is 2. The molecule has 10 heteroatoms. The SMILES string of the molecule is COc1ccc(N2CC(C(=O)NNC(=O)c3nn(-c4ccccc4)cc3O)CC2=O)cc1. The zero-order valence-corrected chi connectivity index (χ0v) is 17.2. The lowest BCUT2D eigenvalue weighted by atomic mass is 10.1. The molecule has 2 heterocycles. The summed E-state index contributed by atoms with van der Waals surface area (Å²) in [7, 11) is 1.55. The Morgan fingerprint density at radius 1 is 1.06 bits per heavy atom. The van der Waals surface area contributed by atoms with E-state index < -0.39 is 17.7 Å². The smallest absolute Gasteiger partial charge is 0.294 e. The second-order valence-electron chi connectivity index (χ2n) is 7.19. The van der Waals surface area contributed by atoms with Gasteiger partial charge in [-0.05, 0) is 36.4 Å². The fourth-order valence-corrected chi connectivity index (χ4v) is 3.41. The number of ether oxygens (including phenoxy) is 1. The van der Waals surface area contributed by atoms with Crippen LogP contribution in [0.2, 0.25) is 0 Å². The largest absolute Gasteiger partial charge is 0.504 e. The van der Waals surface area contributed by atoms with E-state index in [-0.39, 0.29) is 30.3 Å². The minimum atomic E-state index is -0.776. The summed E-state index contributed by atoms with van der Waals surface area (Å²) in [6, 6.07) is 15.9. The van der Waals surface area contributed by atoms with Gasteiger partial charge in [-0.2, -0.15) is 5.10 Å². The fourth-order valence-electron chi connectivity index (χ4n) is 3.41. The van der Waals surface area contributed by atoms with Gasteiger partial charge in [-0.15, -0.1) is 0 Å². The molecule has 1 unspecified atom stereocenters. The molecule has 0 aliphatic carbocycles. The van der Waals surface area contributed by atoms with Crippen LogP contribution in [0.15, 0.2) is 60.8 Å². The number of amides is 3. The van der Waals surface area contributed by atoms with Crippen LogP contribution < -0.4 is 20.5 Å². The normalized spacial score (nSPS) is 15.5. The summed E-state index contributed by atoms with van der Waals surface area (Å²) in [6.07, 6.45) is 1.32. The minimum absolute atomic E-state index is 0.0155. The third kappa shape index (κ3) is 4.24. The molecule has 0 radical (unpaired) electrons. The van der Waals surface area contributed by atoms with Gasteiger partial charge in [0, 0.05) is 18.7 Å². The second kappa shape index (κ2) is 8.80. The van der Waals surface area contributed by atoms with Crippen molar-refractivity contribution in [1.29, 1.82) is 0 Å². The molecular formula is C22H21N5O5. The van der Waals surface area contributed by atoms with E-state index in [2.05, 4.69) is 16.0 Å². The number of benzene rings is 2. The lowest BCUT2D eigenvalue weighted by Gasteiger charge is -2.17. The van der Waals surface area contributed by atoms with E-state index in [0.717, 1.165) is 0 Å². The second-order valence-corrected chi connectivity index (χ2v) is 7.19. The average molecular weight is 435 g/mol. The highest BCUT2D eigenvalue weighted by molar-refractivity contribution is 6.01. The Morgan fingerprint density at radius 2 is 1.78 bits per heavy atom. The molecule has 0 bridgehead atoms. The van der Waals surface area contributed by atoms with Crippen molar-refractivity contribution in [2.45, 2.75) is 6.42 Å². The summed E-state index contributed by atoms with van der Waals surface area (Å²) in [5.41, 5.74) is 5.64. The molecule has 0 saturated carbocycles. The van der Waals surface area contributed by atoms with Crippen LogP contribution >= 0.6 is 0 Å². The number of carbonyl (C=O) groups excluding carboxylic acids is 3. The van der Waals surface area contributed by atoms with Gasteiger partial charge in [0.15, 0.2) is 11.4 Å². The van der Waals surface area contributed by atoms with Gasteiger partial charge in [-0.25, -0.2) is 4.68 Å². The van der Waals surface area contributed by atoms with E-state index in [0.29, 0.717) is 17.1 Å².